The summed E-state index contributed by atoms with van der Waals surface area (Å²) in [6.07, 6.45) is 16.0. The fourth-order valence-corrected chi connectivity index (χ4v) is 11.0. The van der Waals surface area contributed by atoms with Crippen LogP contribution in [0.2, 0.25) is 0 Å². The Labute approximate surface area is 335 Å². The van der Waals surface area contributed by atoms with E-state index in [9.17, 15) is 0 Å². The van der Waals surface area contributed by atoms with Gasteiger partial charge in [0.2, 0.25) is 0 Å². The Morgan fingerprint density at radius 3 is 1.74 bits per heavy atom. The third kappa shape index (κ3) is 4.51. The monoisotopic (exact) mass is 727 g/mol. The zero-order valence-electron chi connectivity index (χ0n) is 31.7. The zero-order valence-corrected chi connectivity index (χ0v) is 31.7. The molecule has 7 aromatic rings. The van der Waals surface area contributed by atoms with Crippen LogP contribution in [-0.4, -0.2) is 0 Å². The Balaban J connectivity index is 1.41. The molecule has 4 aliphatic carbocycles. The number of nitrogens with zero attached hydrogens (tertiary/aromatic N) is 1. The Hall–Kier alpha value is -6.96. The summed E-state index contributed by atoms with van der Waals surface area (Å²) < 4.78 is 0. The molecule has 0 radical (unpaired) electrons. The molecule has 0 N–H and O–H groups in total. The van der Waals surface area contributed by atoms with Crippen LogP contribution in [0.4, 0.5) is 11.4 Å². The predicted molar refractivity (Wildman–Crippen MR) is 237 cm³/mol. The van der Waals surface area contributed by atoms with E-state index in [4.69, 9.17) is 0 Å². The van der Waals surface area contributed by atoms with Gasteiger partial charge in [0.1, 0.15) is 0 Å². The molecule has 0 fully saturated rings. The highest BCUT2D eigenvalue weighted by molar-refractivity contribution is 5.94. The Morgan fingerprint density at radius 2 is 1.04 bits per heavy atom. The van der Waals surface area contributed by atoms with Crippen LogP contribution in [0.5, 0.6) is 0 Å². The average molecular weight is 728 g/mol. The number of hydrogen-bond acceptors (Lipinski definition) is 1. The first-order valence-electron chi connectivity index (χ1n) is 20.1. The molecule has 0 heterocycles. The summed E-state index contributed by atoms with van der Waals surface area (Å²) in [7, 11) is 0. The van der Waals surface area contributed by atoms with Gasteiger partial charge in [-0.15, -0.1) is 0 Å². The Bertz CT molecular complexity index is 2790. The summed E-state index contributed by atoms with van der Waals surface area (Å²) in [6, 6.07) is 67.8. The lowest BCUT2D eigenvalue weighted by Gasteiger charge is -2.54. The van der Waals surface area contributed by atoms with Gasteiger partial charge in [-0.05, 0) is 73.8 Å². The summed E-state index contributed by atoms with van der Waals surface area (Å²) in [4.78, 5) is 2.62. The SMILES string of the molecule is C=C/C=C\C1=C(N(c2ccccc2)c2ccccc2-c2ccccc2)C2(c3ccccc3-c3ccccc32)c2ccccc2C12c1ccccc1C1C=CC=CC12. The maximum atomic E-state index is 4.28. The second-order valence-corrected chi connectivity index (χ2v) is 15.5. The first kappa shape index (κ1) is 33.4. The van der Waals surface area contributed by atoms with Gasteiger partial charge in [0.05, 0.1) is 16.5 Å². The van der Waals surface area contributed by atoms with E-state index in [0.717, 1.165) is 11.4 Å². The lowest BCUT2D eigenvalue weighted by molar-refractivity contribution is 0.428. The second kappa shape index (κ2) is 13.1. The molecule has 4 aliphatic rings. The molecule has 0 bridgehead atoms. The van der Waals surface area contributed by atoms with Crippen molar-refractivity contribution in [2.45, 2.75) is 16.7 Å². The summed E-state index contributed by atoms with van der Waals surface area (Å²) >= 11 is 0. The zero-order chi connectivity index (χ0) is 38.0. The lowest BCUT2D eigenvalue weighted by Crippen LogP contribution is -2.50. The second-order valence-electron chi connectivity index (χ2n) is 15.5. The van der Waals surface area contributed by atoms with E-state index in [1.54, 1.807) is 0 Å². The van der Waals surface area contributed by atoms with Crippen molar-refractivity contribution in [1.82, 2.24) is 0 Å². The molecule has 0 aromatic heterocycles. The molecule has 0 amide bonds. The number of rotatable bonds is 6. The first-order chi connectivity index (χ1) is 28.3. The van der Waals surface area contributed by atoms with Crippen LogP contribution in [0.25, 0.3) is 22.3 Å². The number of hydrogen-bond donors (Lipinski definition) is 0. The minimum atomic E-state index is -0.698. The standard InChI is InChI=1S/C56H41N/c1-2-3-31-52-54(57(40-24-8-5-9-25-40)53-38-21-14-26-41(53)39-22-6-4-7-23-39)56(48-34-17-12-29-44(48)45-30-13-18-35-49(45)56)51-37-20-19-36-50(51)55(52)46-32-15-10-27-42(46)43-28-11-16-33-47(43)55/h2-38,42,46H,1H2/b31-3-. The van der Waals surface area contributed by atoms with Crippen molar-refractivity contribution < 1.29 is 0 Å². The normalized spacial score (nSPS) is 20.3. The lowest BCUT2D eigenvalue weighted by atomic mass is 9.51. The van der Waals surface area contributed by atoms with Gasteiger partial charge in [-0.3, -0.25) is 0 Å². The molecule has 0 aliphatic heterocycles. The molecule has 0 saturated carbocycles. The highest BCUT2D eigenvalue weighted by Gasteiger charge is 2.63. The molecule has 1 heteroatoms. The molecule has 7 aromatic carbocycles. The molecular formula is C56H41N. The average Bonchev–Trinajstić information content (AvgIpc) is 3.75. The number of para-hydroxylation sites is 2. The smallest absolute Gasteiger partial charge is 0.0875 e. The van der Waals surface area contributed by atoms with Gasteiger partial charge in [0.25, 0.3) is 0 Å². The van der Waals surface area contributed by atoms with Crippen LogP contribution in [-0.2, 0) is 10.8 Å². The van der Waals surface area contributed by atoms with Crippen LogP contribution in [0, 0.1) is 5.92 Å². The van der Waals surface area contributed by atoms with Gasteiger partial charge >= 0.3 is 0 Å². The minimum absolute atomic E-state index is 0.131. The summed E-state index contributed by atoms with van der Waals surface area (Å²) in [6.45, 7) is 4.28. The fraction of sp³-hybridized carbons (Fsp3) is 0.0714. The molecule has 2 spiro atoms. The van der Waals surface area contributed by atoms with Crippen LogP contribution in [0.1, 0.15) is 39.3 Å². The highest BCUT2D eigenvalue weighted by Crippen LogP contribution is 2.70. The van der Waals surface area contributed by atoms with Crippen LogP contribution in [0.15, 0.2) is 242 Å². The van der Waals surface area contributed by atoms with E-state index in [1.807, 2.05) is 6.08 Å². The topological polar surface area (TPSA) is 3.24 Å². The summed E-state index contributed by atoms with van der Waals surface area (Å²) in [5.74, 6) is 0.346. The van der Waals surface area contributed by atoms with Gasteiger partial charge in [0.15, 0.2) is 0 Å². The van der Waals surface area contributed by atoms with Crippen molar-refractivity contribution in [2.75, 3.05) is 4.90 Å². The molecule has 57 heavy (non-hydrogen) atoms. The molecule has 3 unspecified atom stereocenters. The number of allylic oxidation sites excluding steroid dienone is 9. The molecule has 0 saturated heterocycles. The fourth-order valence-electron chi connectivity index (χ4n) is 11.0. The first-order valence-corrected chi connectivity index (χ1v) is 20.1. The highest BCUT2D eigenvalue weighted by atomic mass is 15.2. The maximum absolute atomic E-state index is 4.28. The van der Waals surface area contributed by atoms with Crippen LogP contribution < -0.4 is 4.90 Å². The largest absolute Gasteiger partial charge is 0.312 e. The van der Waals surface area contributed by atoms with Crippen molar-refractivity contribution in [3.05, 3.63) is 276 Å². The minimum Gasteiger partial charge on any atom is -0.312 e. The predicted octanol–water partition coefficient (Wildman–Crippen LogP) is 13.6. The van der Waals surface area contributed by atoms with Gasteiger partial charge in [-0.2, -0.15) is 0 Å². The van der Waals surface area contributed by atoms with Crippen molar-refractivity contribution in [3.63, 3.8) is 0 Å². The summed E-state index contributed by atoms with van der Waals surface area (Å²) in [5, 5.41) is 0. The van der Waals surface area contributed by atoms with E-state index in [2.05, 4.69) is 230 Å². The van der Waals surface area contributed by atoms with Crippen LogP contribution in [0.3, 0.4) is 0 Å². The quantitative estimate of drug-likeness (QED) is 0.154. The number of anilines is 2. The Morgan fingerprint density at radius 1 is 0.491 bits per heavy atom. The van der Waals surface area contributed by atoms with Gasteiger partial charge in [-0.25, -0.2) is 0 Å². The summed E-state index contributed by atoms with van der Waals surface area (Å²) in [5.41, 5.74) is 16.5. The van der Waals surface area contributed by atoms with Crippen LogP contribution >= 0.6 is 0 Å². The number of benzene rings is 7. The van der Waals surface area contributed by atoms with Crippen molar-refractivity contribution in [2.24, 2.45) is 5.92 Å². The van der Waals surface area contributed by atoms with Crippen molar-refractivity contribution in [3.8, 4) is 22.3 Å². The molecule has 3 atom stereocenters. The van der Waals surface area contributed by atoms with Gasteiger partial charge in [-0.1, -0.05) is 213 Å². The van der Waals surface area contributed by atoms with Gasteiger partial charge < -0.3 is 4.90 Å². The van der Waals surface area contributed by atoms with E-state index in [-0.39, 0.29) is 11.8 Å². The van der Waals surface area contributed by atoms with Crippen molar-refractivity contribution in [1.29, 1.82) is 0 Å². The van der Waals surface area contributed by atoms with E-state index in [0.29, 0.717) is 0 Å². The number of fused-ring (bicyclic) bond motifs is 13. The molecule has 1 nitrogen and oxygen atoms in total. The molecule has 11 rings (SSSR count). The maximum Gasteiger partial charge on any atom is 0.0875 e. The molecule has 270 valence electrons. The third-order valence-corrected chi connectivity index (χ3v) is 13.0. The Kier molecular flexibility index (Phi) is 7.66. The molecular weight excluding hydrogens is 687 g/mol. The van der Waals surface area contributed by atoms with E-state index < -0.39 is 10.8 Å². The van der Waals surface area contributed by atoms with E-state index >= 15 is 0 Å². The third-order valence-electron chi connectivity index (χ3n) is 13.0. The van der Waals surface area contributed by atoms with Gasteiger partial charge in [0, 0.05) is 28.8 Å². The van der Waals surface area contributed by atoms with E-state index in [1.165, 1.54) is 66.9 Å². The van der Waals surface area contributed by atoms with Crippen molar-refractivity contribution >= 4 is 11.4 Å².